The van der Waals surface area contributed by atoms with E-state index in [9.17, 15) is 9.59 Å². The van der Waals surface area contributed by atoms with Crippen molar-refractivity contribution < 1.29 is 14.3 Å². The highest BCUT2D eigenvalue weighted by molar-refractivity contribution is 7.10. The van der Waals surface area contributed by atoms with Crippen molar-refractivity contribution in [3.05, 3.63) is 45.9 Å². The summed E-state index contributed by atoms with van der Waals surface area (Å²) in [6, 6.07) is 7.39. The van der Waals surface area contributed by atoms with Crippen LogP contribution in [0.5, 0.6) is 0 Å². The molecule has 24 heavy (non-hydrogen) atoms. The molecular weight excluding hydrogens is 326 g/mol. The van der Waals surface area contributed by atoms with Gasteiger partial charge in [0.25, 0.3) is 0 Å². The molecule has 3 rings (SSSR count). The quantitative estimate of drug-likeness (QED) is 0.799. The van der Waals surface area contributed by atoms with Crippen LogP contribution in [0.25, 0.3) is 0 Å². The molecule has 2 atom stereocenters. The standard InChI is InChI=1S/C17H17N3O3S/c1-19-9-11(8-18)6-13(19)17(22)23-10-12-7-15(21)20(2)16(12)14-4-3-5-24-14/h3-6,9,12,16H,7,10H2,1-2H3/t12-,16-/m0/s1. The molecule has 0 aromatic carbocycles. The maximum absolute atomic E-state index is 12.3. The number of carbonyl (C=O) groups excluding carboxylic acids is 2. The molecule has 124 valence electrons. The molecule has 2 aromatic heterocycles. The van der Waals surface area contributed by atoms with Gasteiger partial charge < -0.3 is 14.2 Å². The van der Waals surface area contributed by atoms with Crippen LogP contribution in [0, 0.1) is 17.2 Å². The minimum atomic E-state index is -0.481. The highest BCUT2D eigenvalue weighted by Crippen LogP contribution is 2.39. The van der Waals surface area contributed by atoms with Crippen molar-refractivity contribution in [1.82, 2.24) is 9.47 Å². The molecule has 0 aliphatic carbocycles. The summed E-state index contributed by atoms with van der Waals surface area (Å²) in [4.78, 5) is 27.1. The molecule has 1 amide bonds. The summed E-state index contributed by atoms with van der Waals surface area (Å²) in [5.74, 6) is -0.494. The number of amides is 1. The second kappa shape index (κ2) is 6.49. The van der Waals surface area contributed by atoms with Crippen molar-refractivity contribution in [3.63, 3.8) is 0 Å². The Morgan fingerprint density at radius 2 is 2.29 bits per heavy atom. The molecule has 1 fully saturated rings. The summed E-state index contributed by atoms with van der Waals surface area (Å²) in [5, 5.41) is 10.9. The molecule has 0 bridgehead atoms. The molecule has 7 heteroatoms. The Labute approximate surface area is 143 Å². The number of aromatic nitrogens is 1. The molecule has 0 N–H and O–H groups in total. The normalized spacial score (nSPS) is 20.2. The van der Waals surface area contributed by atoms with Gasteiger partial charge in [-0.05, 0) is 17.5 Å². The van der Waals surface area contributed by atoms with Crippen LogP contribution < -0.4 is 0 Å². The second-order valence-corrected chi connectivity index (χ2v) is 6.84. The van der Waals surface area contributed by atoms with Crippen LogP contribution in [0.3, 0.4) is 0 Å². The van der Waals surface area contributed by atoms with Crippen molar-refractivity contribution in [1.29, 1.82) is 5.26 Å². The van der Waals surface area contributed by atoms with E-state index in [0.29, 0.717) is 17.7 Å². The summed E-state index contributed by atoms with van der Waals surface area (Å²) in [6.45, 7) is 0.171. The summed E-state index contributed by atoms with van der Waals surface area (Å²) in [5.41, 5.74) is 0.744. The minimum absolute atomic E-state index is 0.0556. The van der Waals surface area contributed by atoms with Crippen LogP contribution in [-0.2, 0) is 16.6 Å². The Balaban J connectivity index is 1.71. The lowest BCUT2D eigenvalue weighted by atomic mass is 10.00. The zero-order chi connectivity index (χ0) is 17.3. The van der Waals surface area contributed by atoms with Crippen LogP contribution in [0.15, 0.2) is 29.8 Å². The fourth-order valence-electron chi connectivity index (χ4n) is 3.07. The van der Waals surface area contributed by atoms with E-state index >= 15 is 0 Å². The van der Waals surface area contributed by atoms with Crippen LogP contribution in [0.2, 0.25) is 0 Å². The Bertz CT molecular complexity index is 804. The molecule has 1 aliphatic rings. The average Bonchev–Trinajstić information content (AvgIpc) is 3.26. The van der Waals surface area contributed by atoms with E-state index in [-0.39, 0.29) is 24.5 Å². The highest BCUT2D eigenvalue weighted by atomic mass is 32.1. The van der Waals surface area contributed by atoms with E-state index in [4.69, 9.17) is 10.00 Å². The largest absolute Gasteiger partial charge is 0.461 e. The van der Waals surface area contributed by atoms with Crippen molar-refractivity contribution >= 4 is 23.2 Å². The second-order valence-electron chi connectivity index (χ2n) is 5.86. The number of esters is 1. The van der Waals surface area contributed by atoms with Crippen LogP contribution >= 0.6 is 11.3 Å². The van der Waals surface area contributed by atoms with E-state index < -0.39 is 5.97 Å². The number of rotatable bonds is 4. The molecule has 0 saturated carbocycles. The molecule has 3 heterocycles. The van der Waals surface area contributed by atoms with Crippen LogP contribution in [0.4, 0.5) is 0 Å². The first-order valence-corrected chi connectivity index (χ1v) is 8.42. The van der Waals surface area contributed by atoms with Gasteiger partial charge in [0, 0.05) is 37.5 Å². The highest BCUT2D eigenvalue weighted by Gasteiger charge is 2.39. The third-order valence-electron chi connectivity index (χ3n) is 4.30. The Kier molecular flexibility index (Phi) is 4.40. The third-order valence-corrected chi connectivity index (χ3v) is 5.24. The minimum Gasteiger partial charge on any atom is -0.461 e. The molecule has 0 radical (unpaired) electrons. The average molecular weight is 343 g/mol. The first-order valence-electron chi connectivity index (χ1n) is 7.54. The molecule has 0 unspecified atom stereocenters. The van der Waals surface area contributed by atoms with Crippen molar-refractivity contribution in [3.8, 4) is 6.07 Å². The molecule has 2 aromatic rings. The zero-order valence-corrected chi connectivity index (χ0v) is 14.2. The number of hydrogen-bond acceptors (Lipinski definition) is 5. The van der Waals surface area contributed by atoms with Gasteiger partial charge in [-0.1, -0.05) is 6.07 Å². The van der Waals surface area contributed by atoms with Crippen molar-refractivity contribution in [2.75, 3.05) is 13.7 Å². The molecule has 1 aliphatic heterocycles. The Hall–Kier alpha value is -2.59. The van der Waals surface area contributed by atoms with E-state index in [0.717, 1.165) is 4.88 Å². The topological polar surface area (TPSA) is 75.3 Å². The molecular formula is C17H17N3O3S. The van der Waals surface area contributed by atoms with E-state index in [1.807, 2.05) is 23.6 Å². The lowest BCUT2D eigenvalue weighted by molar-refractivity contribution is -0.127. The van der Waals surface area contributed by atoms with Crippen molar-refractivity contribution in [2.45, 2.75) is 12.5 Å². The monoisotopic (exact) mass is 343 g/mol. The predicted octanol–water partition coefficient (Wildman–Crippen LogP) is 2.33. The Morgan fingerprint density at radius 3 is 2.92 bits per heavy atom. The maximum Gasteiger partial charge on any atom is 0.354 e. The summed E-state index contributed by atoms with van der Waals surface area (Å²) in [7, 11) is 3.48. The molecule has 0 spiro atoms. The van der Waals surface area contributed by atoms with Crippen LogP contribution in [0.1, 0.15) is 33.4 Å². The number of nitrogens with zero attached hydrogens (tertiary/aromatic N) is 3. The smallest absolute Gasteiger partial charge is 0.354 e. The van der Waals surface area contributed by atoms with Gasteiger partial charge in [0.2, 0.25) is 5.91 Å². The lowest BCUT2D eigenvalue weighted by Crippen LogP contribution is -2.25. The zero-order valence-electron chi connectivity index (χ0n) is 13.4. The van der Waals surface area contributed by atoms with Gasteiger partial charge in [-0.15, -0.1) is 11.3 Å². The van der Waals surface area contributed by atoms with E-state index in [1.54, 1.807) is 41.1 Å². The van der Waals surface area contributed by atoms with Gasteiger partial charge in [-0.3, -0.25) is 4.79 Å². The number of aryl methyl sites for hydroxylation is 1. The summed E-state index contributed by atoms with van der Waals surface area (Å²) in [6.07, 6.45) is 1.95. The van der Waals surface area contributed by atoms with Crippen LogP contribution in [-0.4, -0.2) is 35.0 Å². The number of thiophene rings is 1. The fraction of sp³-hybridized carbons (Fsp3) is 0.353. The van der Waals surface area contributed by atoms with Gasteiger partial charge in [0.15, 0.2) is 0 Å². The fourth-order valence-corrected chi connectivity index (χ4v) is 4.03. The molecule has 1 saturated heterocycles. The third kappa shape index (κ3) is 2.93. The SMILES string of the molecule is CN1C(=O)C[C@@H](COC(=O)c2cc(C#N)cn2C)[C@H]1c1cccs1. The maximum atomic E-state index is 12.3. The summed E-state index contributed by atoms with van der Waals surface area (Å²) >= 11 is 1.59. The van der Waals surface area contributed by atoms with Gasteiger partial charge in [0.05, 0.1) is 18.2 Å². The molecule has 6 nitrogen and oxygen atoms in total. The number of likely N-dealkylation sites (tertiary alicyclic amines) is 1. The van der Waals surface area contributed by atoms with E-state index in [1.165, 1.54) is 6.07 Å². The number of ether oxygens (including phenoxy) is 1. The summed E-state index contributed by atoms with van der Waals surface area (Å²) < 4.78 is 7.01. The first kappa shape index (κ1) is 16.3. The first-order chi connectivity index (χ1) is 11.5. The number of carbonyl (C=O) groups is 2. The predicted molar refractivity (Wildman–Crippen MR) is 88.3 cm³/mol. The van der Waals surface area contributed by atoms with Gasteiger partial charge in [-0.2, -0.15) is 5.26 Å². The van der Waals surface area contributed by atoms with Gasteiger partial charge in [-0.25, -0.2) is 4.79 Å². The van der Waals surface area contributed by atoms with Crippen molar-refractivity contribution in [2.24, 2.45) is 13.0 Å². The van der Waals surface area contributed by atoms with E-state index in [2.05, 4.69) is 0 Å². The lowest BCUT2D eigenvalue weighted by Gasteiger charge is -2.23. The van der Waals surface area contributed by atoms with Gasteiger partial charge >= 0.3 is 5.97 Å². The number of hydrogen-bond donors (Lipinski definition) is 0. The van der Waals surface area contributed by atoms with Gasteiger partial charge in [0.1, 0.15) is 11.8 Å². The number of nitriles is 1. The Morgan fingerprint density at radius 1 is 1.50 bits per heavy atom.